The maximum Gasteiger partial charge on any atom is 0.128 e. The fourth-order valence-electron chi connectivity index (χ4n) is 1.95. The van der Waals surface area contributed by atoms with Gasteiger partial charge in [-0.25, -0.2) is 4.39 Å². The van der Waals surface area contributed by atoms with Crippen molar-refractivity contribution in [2.75, 3.05) is 20.1 Å². The number of hydrogen-bond acceptors (Lipinski definition) is 2. The number of hydrogen-bond donors (Lipinski definition) is 1. The van der Waals surface area contributed by atoms with Crippen LogP contribution in [-0.4, -0.2) is 31.1 Å². The van der Waals surface area contributed by atoms with Crippen LogP contribution in [0, 0.1) is 5.82 Å². The zero-order valence-electron chi connectivity index (χ0n) is 12.2. The van der Waals surface area contributed by atoms with E-state index in [9.17, 15) is 4.39 Å². The van der Waals surface area contributed by atoms with Crippen LogP contribution >= 0.6 is 15.9 Å². The lowest BCUT2D eigenvalue weighted by atomic mass is 10.1. The van der Waals surface area contributed by atoms with Gasteiger partial charge in [0.05, 0.1) is 0 Å². The smallest absolute Gasteiger partial charge is 0.128 e. The van der Waals surface area contributed by atoms with Crippen LogP contribution in [0.15, 0.2) is 22.7 Å². The summed E-state index contributed by atoms with van der Waals surface area (Å²) in [5, 5.41) is 3.37. The van der Waals surface area contributed by atoms with E-state index >= 15 is 0 Å². The minimum atomic E-state index is -0.154. The zero-order chi connectivity index (χ0) is 14.4. The lowest BCUT2D eigenvalue weighted by Crippen LogP contribution is -2.35. The molecule has 0 aliphatic carbocycles. The molecule has 0 saturated heterocycles. The highest BCUT2D eigenvalue weighted by molar-refractivity contribution is 9.10. The van der Waals surface area contributed by atoms with Gasteiger partial charge in [-0.3, -0.25) is 0 Å². The summed E-state index contributed by atoms with van der Waals surface area (Å²) in [6.07, 6.45) is 1.15. The molecule has 1 rings (SSSR count). The van der Waals surface area contributed by atoms with Gasteiger partial charge in [0.1, 0.15) is 5.82 Å². The van der Waals surface area contributed by atoms with Gasteiger partial charge in [-0.2, -0.15) is 0 Å². The van der Waals surface area contributed by atoms with E-state index in [0.29, 0.717) is 11.6 Å². The van der Waals surface area contributed by atoms with Gasteiger partial charge in [0, 0.05) is 35.2 Å². The summed E-state index contributed by atoms with van der Waals surface area (Å²) in [6.45, 7) is 8.22. The van der Waals surface area contributed by atoms with Gasteiger partial charge in [0.15, 0.2) is 0 Å². The summed E-state index contributed by atoms with van der Waals surface area (Å²) in [5.41, 5.74) is 0.709. The van der Waals surface area contributed by atoms with Crippen LogP contribution in [0.3, 0.4) is 0 Å². The maximum atomic E-state index is 13.7. The van der Waals surface area contributed by atoms with E-state index in [1.54, 1.807) is 6.07 Å². The SMILES string of the molecule is CCC(C)N(C)CCNC(C)c1cc(Br)ccc1F. The van der Waals surface area contributed by atoms with Crippen molar-refractivity contribution < 1.29 is 4.39 Å². The summed E-state index contributed by atoms with van der Waals surface area (Å²) in [4.78, 5) is 2.32. The Morgan fingerprint density at radius 2 is 2.05 bits per heavy atom. The predicted octanol–water partition coefficient (Wildman–Crippen LogP) is 3.97. The molecule has 0 amide bonds. The van der Waals surface area contributed by atoms with Crippen molar-refractivity contribution in [2.45, 2.75) is 39.3 Å². The molecule has 108 valence electrons. The van der Waals surface area contributed by atoms with Crippen molar-refractivity contribution in [1.82, 2.24) is 10.2 Å². The van der Waals surface area contributed by atoms with Crippen LogP contribution in [0.4, 0.5) is 4.39 Å². The van der Waals surface area contributed by atoms with Crippen molar-refractivity contribution in [3.8, 4) is 0 Å². The van der Waals surface area contributed by atoms with E-state index < -0.39 is 0 Å². The second-order valence-corrected chi connectivity index (χ2v) is 6.00. The topological polar surface area (TPSA) is 15.3 Å². The Hall–Kier alpha value is -0.450. The maximum absolute atomic E-state index is 13.7. The van der Waals surface area contributed by atoms with E-state index in [1.165, 1.54) is 6.07 Å². The molecule has 1 aromatic carbocycles. The fraction of sp³-hybridized carbons (Fsp3) is 0.600. The Bertz CT molecular complexity index is 398. The summed E-state index contributed by atoms with van der Waals surface area (Å²) in [6, 6.07) is 5.67. The standard InChI is InChI=1S/C15H24BrFN2/c1-5-11(2)19(4)9-8-18-12(3)14-10-13(16)6-7-15(14)17/h6-7,10-12,18H,5,8-9H2,1-4H3. The van der Waals surface area contributed by atoms with E-state index in [1.807, 2.05) is 13.0 Å². The van der Waals surface area contributed by atoms with Crippen LogP contribution in [0.1, 0.15) is 38.8 Å². The molecule has 1 N–H and O–H groups in total. The van der Waals surface area contributed by atoms with Gasteiger partial charge in [-0.05, 0) is 45.5 Å². The molecule has 0 bridgehead atoms. The third-order valence-electron chi connectivity index (χ3n) is 3.68. The molecule has 2 unspecified atom stereocenters. The van der Waals surface area contributed by atoms with Crippen LogP contribution < -0.4 is 5.32 Å². The number of nitrogens with zero attached hydrogens (tertiary/aromatic N) is 1. The van der Waals surface area contributed by atoms with Gasteiger partial charge in [0.2, 0.25) is 0 Å². The highest BCUT2D eigenvalue weighted by Crippen LogP contribution is 2.21. The van der Waals surface area contributed by atoms with Gasteiger partial charge >= 0.3 is 0 Å². The van der Waals surface area contributed by atoms with Gasteiger partial charge in [-0.1, -0.05) is 22.9 Å². The van der Waals surface area contributed by atoms with Crippen LogP contribution in [0.5, 0.6) is 0 Å². The minimum absolute atomic E-state index is 0.0165. The number of likely N-dealkylation sites (N-methyl/N-ethyl adjacent to an activating group) is 1. The zero-order valence-corrected chi connectivity index (χ0v) is 13.8. The monoisotopic (exact) mass is 330 g/mol. The molecule has 0 aromatic heterocycles. The van der Waals surface area contributed by atoms with Crippen molar-refractivity contribution in [3.05, 3.63) is 34.1 Å². The second-order valence-electron chi connectivity index (χ2n) is 5.08. The lowest BCUT2D eigenvalue weighted by Gasteiger charge is -2.24. The number of nitrogens with one attached hydrogen (secondary N) is 1. The molecule has 0 radical (unpaired) electrons. The molecule has 0 spiro atoms. The third-order valence-corrected chi connectivity index (χ3v) is 4.18. The molecule has 0 heterocycles. The van der Waals surface area contributed by atoms with Crippen molar-refractivity contribution in [2.24, 2.45) is 0 Å². The van der Waals surface area contributed by atoms with Crippen LogP contribution in [0.2, 0.25) is 0 Å². The molecule has 0 fully saturated rings. The van der Waals surface area contributed by atoms with Gasteiger partial charge in [0.25, 0.3) is 0 Å². The Kier molecular flexibility index (Phi) is 6.97. The summed E-state index contributed by atoms with van der Waals surface area (Å²) in [7, 11) is 2.13. The van der Waals surface area contributed by atoms with Gasteiger partial charge in [-0.15, -0.1) is 0 Å². The molecule has 2 nitrogen and oxygen atoms in total. The largest absolute Gasteiger partial charge is 0.309 e. The Morgan fingerprint density at radius 3 is 2.68 bits per heavy atom. The number of benzene rings is 1. The number of rotatable bonds is 7. The first-order chi connectivity index (χ1) is 8.95. The summed E-state index contributed by atoms with van der Waals surface area (Å²) >= 11 is 3.38. The van der Waals surface area contributed by atoms with E-state index in [0.717, 1.165) is 24.0 Å². The van der Waals surface area contributed by atoms with E-state index in [2.05, 4.69) is 47.0 Å². The highest BCUT2D eigenvalue weighted by atomic mass is 79.9. The number of halogens is 2. The molecule has 2 atom stereocenters. The Balaban J connectivity index is 2.47. The third kappa shape index (κ3) is 5.21. The van der Waals surface area contributed by atoms with E-state index in [4.69, 9.17) is 0 Å². The molecule has 0 saturated carbocycles. The normalized spacial score (nSPS) is 14.7. The van der Waals surface area contributed by atoms with Crippen molar-refractivity contribution in [1.29, 1.82) is 0 Å². The minimum Gasteiger partial charge on any atom is -0.309 e. The predicted molar refractivity (Wildman–Crippen MR) is 82.9 cm³/mol. The second kappa shape index (κ2) is 7.98. The Labute approximate surface area is 124 Å². The average molecular weight is 331 g/mol. The van der Waals surface area contributed by atoms with Crippen molar-refractivity contribution in [3.63, 3.8) is 0 Å². The highest BCUT2D eigenvalue weighted by Gasteiger charge is 2.12. The molecule has 4 heteroatoms. The van der Waals surface area contributed by atoms with Crippen molar-refractivity contribution >= 4 is 15.9 Å². The first-order valence-electron chi connectivity index (χ1n) is 6.84. The molecular formula is C15H24BrFN2. The molecule has 0 aliphatic rings. The van der Waals surface area contributed by atoms with Crippen LogP contribution in [0.25, 0.3) is 0 Å². The van der Waals surface area contributed by atoms with E-state index in [-0.39, 0.29) is 11.9 Å². The fourth-order valence-corrected chi connectivity index (χ4v) is 2.32. The molecule has 1 aromatic rings. The molecular weight excluding hydrogens is 307 g/mol. The molecule has 19 heavy (non-hydrogen) atoms. The van der Waals surface area contributed by atoms with Crippen LogP contribution in [-0.2, 0) is 0 Å². The first-order valence-corrected chi connectivity index (χ1v) is 7.63. The Morgan fingerprint density at radius 1 is 1.37 bits per heavy atom. The summed E-state index contributed by atoms with van der Waals surface area (Å²) in [5.74, 6) is -0.154. The lowest BCUT2D eigenvalue weighted by molar-refractivity contribution is 0.249. The molecule has 0 aliphatic heterocycles. The first kappa shape index (κ1) is 16.6. The summed E-state index contributed by atoms with van der Waals surface area (Å²) < 4.78 is 14.6. The van der Waals surface area contributed by atoms with Gasteiger partial charge < -0.3 is 10.2 Å². The quantitative estimate of drug-likeness (QED) is 0.813. The average Bonchev–Trinajstić information content (AvgIpc) is 2.40.